The molecule has 6 heteroatoms. The topological polar surface area (TPSA) is 84.2 Å². The van der Waals surface area contributed by atoms with Crippen molar-refractivity contribution in [2.75, 3.05) is 6.54 Å². The van der Waals surface area contributed by atoms with Gasteiger partial charge in [0, 0.05) is 12.7 Å². The summed E-state index contributed by atoms with van der Waals surface area (Å²) < 4.78 is 1.61. The van der Waals surface area contributed by atoms with E-state index in [-0.39, 0.29) is 18.1 Å². The highest BCUT2D eigenvalue weighted by Gasteiger charge is 2.35. The van der Waals surface area contributed by atoms with E-state index in [2.05, 4.69) is 10.4 Å². The molecule has 23 heavy (non-hydrogen) atoms. The van der Waals surface area contributed by atoms with Gasteiger partial charge in [-0.3, -0.25) is 9.59 Å². The number of hydrogen-bond donors (Lipinski definition) is 2. The van der Waals surface area contributed by atoms with Gasteiger partial charge < -0.3 is 10.4 Å². The number of nitrogens with one attached hydrogen (secondary N) is 1. The minimum absolute atomic E-state index is 0.0896. The summed E-state index contributed by atoms with van der Waals surface area (Å²) in [5, 5.41) is 16.3. The summed E-state index contributed by atoms with van der Waals surface area (Å²) in [6, 6.07) is 11.1. The molecule has 1 heterocycles. The maximum Gasteiger partial charge on any atom is 0.311 e. The molecule has 0 saturated heterocycles. The molecule has 0 radical (unpaired) electrons. The van der Waals surface area contributed by atoms with E-state index >= 15 is 0 Å². The fourth-order valence-electron chi connectivity index (χ4n) is 2.39. The second-order valence-corrected chi connectivity index (χ2v) is 5.46. The van der Waals surface area contributed by atoms with Crippen LogP contribution in [-0.2, 0) is 4.79 Å². The smallest absolute Gasteiger partial charge is 0.311 e. The van der Waals surface area contributed by atoms with E-state index in [1.165, 1.54) is 0 Å². The van der Waals surface area contributed by atoms with E-state index in [1.54, 1.807) is 16.9 Å². The van der Waals surface area contributed by atoms with Crippen molar-refractivity contribution in [2.24, 2.45) is 5.41 Å². The average Bonchev–Trinajstić information content (AvgIpc) is 3.06. The lowest BCUT2D eigenvalue weighted by Crippen LogP contribution is -2.42. The van der Waals surface area contributed by atoms with Crippen LogP contribution in [0.4, 0.5) is 0 Å². The Morgan fingerprint density at radius 3 is 2.39 bits per heavy atom. The van der Waals surface area contributed by atoms with Crippen LogP contribution < -0.4 is 5.32 Å². The monoisotopic (exact) mass is 315 g/mol. The van der Waals surface area contributed by atoms with Crippen LogP contribution in [0.25, 0.3) is 5.69 Å². The number of aliphatic carboxylic acids is 1. The molecule has 0 unspecified atom stereocenters. The number of carboxylic acid groups (broad SMARTS) is 1. The number of carbonyl (C=O) groups is 2. The molecular weight excluding hydrogens is 294 g/mol. The van der Waals surface area contributed by atoms with E-state index in [9.17, 15) is 14.7 Å². The van der Waals surface area contributed by atoms with Gasteiger partial charge in [-0.2, -0.15) is 5.10 Å². The summed E-state index contributed by atoms with van der Waals surface area (Å²) in [5.41, 5.74) is 0.186. The quantitative estimate of drug-likeness (QED) is 0.822. The predicted octanol–water partition coefficient (Wildman–Crippen LogP) is 2.49. The molecule has 2 aromatic rings. The summed E-state index contributed by atoms with van der Waals surface area (Å²) in [7, 11) is 0. The fraction of sp³-hybridized carbons (Fsp3) is 0.353. The van der Waals surface area contributed by atoms with E-state index < -0.39 is 11.4 Å². The Labute approximate surface area is 135 Å². The number of nitrogens with zero attached hydrogens (tertiary/aromatic N) is 2. The number of hydrogen-bond acceptors (Lipinski definition) is 3. The lowest BCUT2D eigenvalue weighted by molar-refractivity contribution is -0.149. The Hall–Kier alpha value is -2.63. The summed E-state index contributed by atoms with van der Waals surface area (Å²) >= 11 is 0. The number of amides is 1. The number of benzene rings is 1. The molecule has 2 rings (SSSR count). The minimum atomic E-state index is -0.933. The van der Waals surface area contributed by atoms with Gasteiger partial charge in [-0.05, 0) is 31.0 Å². The molecule has 1 aromatic heterocycles. The largest absolute Gasteiger partial charge is 0.481 e. The van der Waals surface area contributed by atoms with Gasteiger partial charge in [-0.25, -0.2) is 4.68 Å². The molecule has 0 saturated carbocycles. The summed E-state index contributed by atoms with van der Waals surface area (Å²) in [5.74, 6) is -1.26. The minimum Gasteiger partial charge on any atom is -0.481 e. The Bertz CT molecular complexity index is 675. The van der Waals surface area contributed by atoms with E-state index in [1.807, 2.05) is 44.2 Å². The molecule has 1 aromatic carbocycles. The molecule has 2 N–H and O–H groups in total. The number of para-hydroxylation sites is 1. The number of aromatic nitrogens is 2. The Kier molecular flexibility index (Phi) is 5.16. The standard InChI is InChI=1S/C17H21N3O3/c1-3-17(4-2,16(22)23)12-18-15(21)14-10-11-20(19-14)13-8-6-5-7-9-13/h5-11H,3-4,12H2,1-2H3,(H,18,21)(H,22,23). The first-order valence-electron chi connectivity index (χ1n) is 7.65. The lowest BCUT2D eigenvalue weighted by atomic mass is 9.82. The molecule has 0 aliphatic carbocycles. The normalized spacial score (nSPS) is 11.2. The third-order valence-electron chi connectivity index (χ3n) is 4.24. The molecule has 0 spiro atoms. The second-order valence-electron chi connectivity index (χ2n) is 5.46. The zero-order valence-electron chi connectivity index (χ0n) is 13.3. The number of carboxylic acids is 1. The first-order chi connectivity index (χ1) is 11.0. The van der Waals surface area contributed by atoms with Crippen molar-refractivity contribution in [3.63, 3.8) is 0 Å². The van der Waals surface area contributed by atoms with Crippen molar-refractivity contribution in [3.05, 3.63) is 48.3 Å². The predicted molar refractivity (Wildman–Crippen MR) is 86.5 cm³/mol. The van der Waals surface area contributed by atoms with Crippen LogP contribution >= 0.6 is 0 Å². The fourth-order valence-corrected chi connectivity index (χ4v) is 2.39. The van der Waals surface area contributed by atoms with Gasteiger partial charge in [-0.1, -0.05) is 32.0 Å². The van der Waals surface area contributed by atoms with Crippen LogP contribution in [0.3, 0.4) is 0 Å². The highest BCUT2D eigenvalue weighted by atomic mass is 16.4. The Balaban J connectivity index is 2.07. The summed E-state index contributed by atoms with van der Waals surface area (Å²) in [6.07, 6.45) is 2.61. The molecule has 1 amide bonds. The maximum absolute atomic E-state index is 12.2. The third kappa shape index (κ3) is 3.59. The zero-order valence-corrected chi connectivity index (χ0v) is 13.3. The van der Waals surface area contributed by atoms with Gasteiger partial charge >= 0.3 is 5.97 Å². The molecule has 0 aliphatic heterocycles. The van der Waals surface area contributed by atoms with Crippen LogP contribution in [0.15, 0.2) is 42.6 Å². The molecule has 0 bridgehead atoms. The van der Waals surface area contributed by atoms with Crippen molar-refractivity contribution >= 4 is 11.9 Å². The Morgan fingerprint density at radius 2 is 1.83 bits per heavy atom. The van der Waals surface area contributed by atoms with E-state index in [4.69, 9.17) is 0 Å². The van der Waals surface area contributed by atoms with Crippen molar-refractivity contribution in [2.45, 2.75) is 26.7 Å². The van der Waals surface area contributed by atoms with Gasteiger partial charge in [0.2, 0.25) is 0 Å². The summed E-state index contributed by atoms with van der Waals surface area (Å²) in [6.45, 7) is 3.72. The van der Waals surface area contributed by atoms with Gasteiger partial charge in [0.25, 0.3) is 5.91 Å². The van der Waals surface area contributed by atoms with Crippen molar-refractivity contribution in [1.82, 2.24) is 15.1 Å². The number of carbonyl (C=O) groups excluding carboxylic acids is 1. The van der Waals surface area contributed by atoms with Crippen LogP contribution in [0, 0.1) is 5.41 Å². The van der Waals surface area contributed by atoms with Crippen molar-refractivity contribution in [3.8, 4) is 5.69 Å². The van der Waals surface area contributed by atoms with Gasteiger partial charge in [0.1, 0.15) is 0 Å². The average molecular weight is 315 g/mol. The molecule has 0 aliphatic rings. The SMILES string of the molecule is CCC(CC)(CNC(=O)c1ccn(-c2ccccc2)n1)C(=O)O. The van der Waals surface area contributed by atoms with Crippen LogP contribution in [0.1, 0.15) is 37.2 Å². The Morgan fingerprint density at radius 1 is 1.17 bits per heavy atom. The van der Waals surface area contributed by atoms with Crippen molar-refractivity contribution < 1.29 is 14.7 Å². The number of rotatable bonds is 7. The van der Waals surface area contributed by atoms with Gasteiger partial charge in [0.05, 0.1) is 11.1 Å². The third-order valence-corrected chi connectivity index (χ3v) is 4.24. The molecule has 0 atom stereocenters. The summed E-state index contributed by atoms with van der Waals surface area (Å²) in [4.78, 5) is 23.7. The molecule has 122 valence electrons. The molecular formula is C17H21N3O3. The lowest BCUT2D eigenvalue weighted by Gasteiger charge is -2.26. The van der Waals surface area contributed by atoms with E-state index in [0.717, 1.165) is 5.69 Å². The highest BCUT2D eigenvalue weighted by Crippen LogP contribution is 2.25. The maximum atomic E-state index is 12.2. The van der Waals surface area contributed by atoms with Crippen LogP contribution in [0.5, 0.6) is 0 Å². The van der Waals surface area contributed by atoms with Crippen molar-refractivity contribution in [1.29, 1.82) is 0 Å². The van der Waals surface area contributed by atoms with E-state index in [0.29, 0.717) is 12.8 Å². The van der Waals surface area contributed by atoms with Crippen LogP contribution in [-0.4, -0.2) is 33.3 Å². The zero-order chi connectivity index (χ0) is 16.9. The highest BCUT2D eigenvalue weighted by molar-refractivity contribution is 5.92. The first-order valence-corrected chi connectivity index (χ1v) is 7.65. The van der Waals surface area contributed by atoms with Gasteiger partial charge in [0.15, 0.2) is 5.69 Å². The molecule has 0 fully saturated rings. The van der Waals surface area contributed by atoms with Crippen LogP contribution in [0.2, 0.25) is 0 Å². The van der Waals surface area contributed by atoms with Gasteiger partial charge in [-0.15, -0.1) is 0 Å². The first kappa shape index (κ1) is 16.7. The second kappa shape index (κ2) is 7.09. The molecule has 6 nitrogen and oxygen atoms in total.